The van der Waals surface area contributed by atoms with Crippen molar-refractivity contribution in [3.05, 3.63) is 41.8 Å². The van der Waals surface area contributed by atoms with E-state index in [1.54, 1.807) is 25.4 Å². The van der Waals surface area contributed by atoms with E-state index >= 15 is 0 Å². The first-order valence-electron chi connectivity index (χ1n) is 5.21. The van der Waals surface area contributed by atoms with Crippen molar-refractivity contribution in [3.63, 3.8) is 0 Å². The highest BCUT2D eigenvalue weighted by Gasteiger charge is 2.08. The van der Waals surface area contributed by atoms with E-state index in [9.17, 15) is 4.39 Å². The quantitative estimate of drug-likeness (QED) is 0.865. The summed E-state index contributed by atoms with van der Waals surface area (Å²) in [7, 11) is 1.70. The summed E-state index contributed by atoms with van der Waals surface area (Å²) >= 11 is 0. The Balaban J connectivity index is 2.34. The van der Waals surface area contributed by atoms with Crippen LogP contribution in [0, 0.1) is 17.1 Å². The van der Waals surface area contributed by atoms with Gasteiger partial charge in [-0.3, -0.25) is 0 Å². The zero-order valence-corrected chi connectivity index (χ0v) is 9.61. The molecule has 0 aliphatic rings. The number of hydrogen-bond acceptors (Lipinski definition) is 5. The van der Waals surface area contributed by atoms with Gasteiger partial charge in [0.25, 0.3) is 0 Å². The van der Waals surface area contributed by atoms with Crippen molar-refractivity contribution in [2.75, 3.05) is 17.7 Å². The summed E-state index contributed by atoms with van der Waals surface area (Å²) in [4.78, 5) is 8.08. The maximum absolute atomic E-state index is 13.4. The van der Waals surface area contributed by atoms with Crippen molar-refractivity contribution < 1.29 is 4.39 Å². The van der Waals surface area contributed by atoms with Gasteiger partial charge in [-0.1, -0.05) is 6.07 Å². The Bertz CT molecular complexity index is 606. The molecule has 5 nitrogen and oxygen atoms in total. The van der Waals surface area contributed by atoms with E-state index in [1.807, 2.05) is 6.07 Å². The van der Waals surface area contributed by atoms with E-state index in [0.717, 1.165) is 0 Å². The third kappa shape index (κ3) is 2.35. The molecule has 0 spiro atoms. The standard InChI is InChI=1S/C12H10FN5/c1-15-12-16-6-5-11(18-12)17-10-4-2-3-9(13)8(10)7-14/h2-6H,1H3,(H2,15,16,17,18). The van der Waals surface area contributed by atoms with Crippen LogP contribution >= 0.6 is 0 Å². The zero-order chi connectivity index (χ0) is 13.0. The number of rotatable bonds is 3. The number of hydrogen-bond donors (Lipinski definition) is 2. The van der Waals surface area contributed by atoms with Gasteiger partial charge in [0.05, 0.1) is 5.69 Å². The monoisotopic (exact) mass is 243 g/mol. The molecule has 2 N–H and O–H groups in total. The fourth-order valence-corrected chi connectivity index (χ4v) is 1.43. The lowest BCUT2D eigenvalue weighted by Gasteiger charge is -2.08. The van der Waals surface area contributed by atoms with Gasteiger partial charge in [-0.2, -0.15) is 10.2 Å². The van der Waals surface area contributed by atoms with Crippen LogP contribution in [0.2, 0.25) is 0 Å². The Morgan fingerprint density at radius 3 is 2.89 bits per heavy atom. The predicted molar refractivity (Wildman–Crippen MR) is 66.0 cm³/mol. The molecule has 6 heteroatoms. The molecule has 0 fully saturated rings. The Labute approximate surface area is 103 Å². The number of nitrogens with one attached hydrogen (secondary N) is 2. The lowest BCUT2D eigenvalue weighted by Crippen LogP contribution is -2.01. The second-order valence-electron chi connectivity index (χ2n) is 3.41. The van der Waals surface area contributed by atoms with Crippen LogP contribution < -0.4 is 10.6 Å². The minimum atomic E-state index is -0.564. The van der Waals surface area contributed by atoms with Crippen LogP contribution in [0.15, 0.2) is 30.5 Å². The van der Waals surface area contributed by atoms with Crippen molar-refractivity contribution in [2.45, 2.75) is 0 Å². The first-order chi connectivity index (χ1) is 8.74. The van der Waals surface area contributed by atoms with Crippen LogP contribution in [0.5, 0.6) is 0 Å². The molecule has 1 aromatic heterocycles. The summed E-state index contributed by atoms with van der Waals surface area (Å²) in [5.41, 5.74) is 0.334. The molecule has 0 aliphatic heterocycles. The molecular weight excluding hydrogens is 233 g/mol. The van der Waals surface area contributed by atoms with E-state index in [4.69, 9.17) is 5.26 Å². The number of halogens is 1. The summed E-state index contributed by atoms with van der Waals surface area (Å²) in [6.45, 7) is 0. The van der Waals surface area contributed by atoms with Crippen molar-refractivity contribution >= 4 is 17.5 Å². The minimum Gasteiger partial charge on any atom is -0.357 e. The van der Waals surface area contributed by atoms with E-state index < -0.39 is 5.82 Å². The molecule has 0 unspecified atom stereocenters. The molecule has 90 valence electrons. The van der Waals surface area contributed by atoms with Gasteiger partial charge in [-0.15, -0.1) is 0 Å². The number of aromatic nitrogens is 2. The maximum Gasteiger partial charge on any atom is 0.224 e. The molecule has 0 saturated heterocycles. The smallest absolute Gasteiger partial charge is 0.224 e. The van der Waals surface area contributed by atoms with Gasteiger partial charge in [0.2, 0.25) is 5.95 Å². The van der Waals surface area contributed by atoms with Crippen LogP contribution in [0.1, 0.15) is 5.56 Å². The van der Waals surface area contributed by atoms with Crippen molar-refractivity contribution in [2.24, 2.45) is 0 Å². The topological polar surface area (TPSA) is 73.6 Å². The van der Waals surface area contributed by atoms with E-state index in [2.05, 4.69) is 20.6 Å². The molecule has 0 saturated carbocycles. The van der Waals surface area contributed by atoms with Crippen molar-refractivity contribution in [1.29, 1.82) is 5.26 Å². The summed E-state index contributed by atoms with van der Waals surface area (Å²) < 4.78 is 13.4. The molecule has 2 rings (SSSR count). The van der Waals surface area contributed by atoms with Crippen LogP contribution in [0.4, 0.5) is 21.8 Å². The van der Waals surface area contributed by atoms with Crippen LogP contribution in [-0.4, -0.2) is 17.0 Å². The van der Waals surface area contributed by atoms with Crippen LogP contribution in [-0.2, 0) is 0 Å². The lowest BCUT2D eigenvalue weighted by atomic mass is 10.2. The first-order valence-corrected chi connectivity index (χ1v) is 5.21. The molecule has 1 aromatic carbocycles. The second kappa shape index (κ2) is 5.10. The highest BCUT2D eigenvalue weighted by atomic mass is 19.1. The normalized spacial score (nSPS) is 9.61. The lowest BCUT2D eigenvalue weighted by molar-refractivity contribution is 0.624. The largest absolute Gasteiger partial charge is 0.357 e. The second-order valence-corrected chi connectivity index (χ2v) is 3.41. The molecule has 0 amide bonds. The minimum absolute atomic E-state index is 0.0397. The predicted octanol–water partition coefficient (Wildman–Crippen LogP) is 2.27. The SMILES string of the molecule is CNc1nccc(Nc2cccc(F)c2C#N)n1. The zero-order valence-electron chi connectivity index (χ0n) is 9.61. The molecule has 2 aromatic rings. The third-order valence-corrected chi connectivity index (χ3v) is 2.27. The molecule has 0 aliphatic carbocycles. The molecule has 18 heavy (non-hydrogen) atoms. The van der Waals surface area contributed by atoms with Crippen LogP contribution in [0.25, 0.3) is 0 Å². The Kier molecular flexibility index (Phi) is 3.34. The Morgan fingerprint density at radius 1 is 1.33 bits per heavy atom. The molecule has 0 atom stereocenters. The average molecular weight is 243 g/mol. The number of nitriles is 1. The van der Waals surface area contributed by atoms with Gasteiger partial charge in [0.1, 0.15) is 23.3 Å². The highest BCUT2D eigenvalue weighted by Crippen LogP contribution is 2.21. The van der Waals surface area contributed by atoms with E-state index in [1.165, 1.54) is 12.1 Å². The van der Waals surface area contributed by atoms with Crippen molar-refractivity contribution in [1.82, 2.24) is 9.97 Å². The summed E-state index contributed by atoms with van der Waals surface area (Å²) in [6.07, 6.45) is 1.56. The van der Waals surface area contributed by atoms with Crippen LogP contribution in [0.3, 0.4) is 0 Å². The fourth-order valence-electron chi connectivity index (χ4n) is 1.43. The Morgan fingerprint density at radius 2 is 2.17 bits per heavy atom. The van der Waals surface area contributed by atoms with Gasteiger partial charge in [0.15, 0.2) is 0 Å². The highest BCUT2D eigenvalue weighted by molar-refractivity contribution is 5.65. The molecule has 0 bridgehead atoms. The van der Waals surface area contributed by atoms with E-state index in [-0.39, 0.29) is 5.56 Å². The number of anilines is 3. The molecule has 1 heterocycles. The summed E-state index contributed by atoms with van der Waals surface area (Å²) in [5, 5.41) is 14.6. The van der Waals surface area contributed by atoms with E-state index in [0.29, 0.717) is 17.5 Å². The van der Waals surface area contributed by atoms with Crippen molar-refractivity contribution in [3.8, 4) is 6.07 Å². The Hall–Kier alpha value is -2.68. The third-order valence-electron chi connectivity index (χ3n) is 2.27. The van der Waals surface area contributed by atoms with Gasteiger partial charge in [0, 0.05) is 13.2 Å². The molecular formula is C12H10FN5. The summed E-state index contributed by atoms with van der Waals surface area (Å²) in [5.74, 6) is 0.358. The first kappa shape index (κ1) is 11.8. The maximum atomic E-state index is 13.4. The number of nitrogens with zero attached hydrogens (tertiary/aromatic N) is 3. The summed E-state index contributed by atoms with van der Waals surface area (Å²) in [6, 6.07) is 7.83. The van der Waals surface area contributed by atoms with Gasteiger partial charge in [-0.25, -0.2) is 9.37 Å². The average Bonchev–Trinajstić information content (AvgIpc) is 2.39. The fraction of sp³-hybridized carbons (Fsp3) is 0.0833. The molecule has 0 radical (unpaired) electrons. The van der Waals surface area contributed by atoms with Gasteiger partial charge < -0.3 is 10.6 Å². The number of benzene rings is 1. The van der Waals surface area contributed by atoms with Gasteiger partial charge in [-0.05, 0) is 18.2 Å². The van der Waals surface area contributed by atoms with Gasteiger partial charge >= 0.3 is 0 Å².